The molecule has 4 nitrogen and oxygen atoms in total. The minimum Gasteiger partial charge on any atom is -0.263 e. The van der Waals surface area contributed by atoms with Gasteiger partial charge < -0.3 is 0 Å². The molecule has 0 spiro atoms. The molecule has 0 amide bonds. The first-order chi connectivity index (χ1) is 9.29. The van der Waals surface area contributed by atoms with E-state index >= 15 is 0 Å². The largest absolute Gasteiger partial charge is 0.266 e. The normalized spacial score (nSPS) is 11.4. The Hall–Kier alpha value is -1.25. The highest BCUT2D eigenvalue weighted by Crippen LogP contribution is 2.28. The van der Waals surface area contributed by atoms with Gasteiger partial charge in [0.05, 0.1) is 5.02 Å². The average molecular weight is 384 g/mol. The molecule has 1 N–H and O–H groups in total. The van der Waals surface area contributed by atoms with E-state index in [4.69, 9.17) is 11.6 Å². The molecule has 106 valence electrons. The van der Waals surface area contributed by atoms with Gasteiger partial charge in [0.15, 0.2) is 0 Å². The Labute approximate surface area is 127 Å². The zero-order valence-corrected chi connectivity index (χ0v) is 12.7. The number of hydrogen-bond acceptors (Lipinski definition) is 3. The number of anilines is 1. The van der Waals surface area contributed by atoms with Gasteiger partial charge in [-0.2, -0.15) is 4.39 Å². The van der Waals surface area contributed by atoms with Gasteiger partial charge >= 0.3 is 0 Å². The smallest absolute Gasteiger partial charge is 0.263 e. The van der Waals surface area contributed by atoms with Gasteiger partial charge in [-0.1, -0.05) is 17.7 Å². The zero-order valence-electron chi connectivity index (χ0n) is 9.57. The third kappa shape index (κ3) is 3.25. The van der Waals surface area contributed by atoms with Crippen LogP contribution >= 0.6 is 27.5 Å². The van der Waals surface area contributed by atoms with Crippen molar-refractivity contribution in [2.45, 2.75) is 4.90 Å². The van der Waals surface area contributed by atoms with E-state index < -0.39 is 26.7 Å². The number of nitrogens with one attached hydrogen (secondary N) is 1. The first-order valence-corrected chi connectivity index (χ1v) is 7.75. The topological polar surface area (TPSA) is 59.1 Å². The maximum atomic E-state index is 13.7. The number of benzene rings is 1. The lowest BCUT2D eigenvalue weighted by Gasteiger charge is -2.09. The van der Waals surface area contributed by atoms with Crippen molar-refractivity contribution in [3.63, 3.8) is 0 Å². The molecule has 0 aliphatic heterocycles. The highest BCUT2D eigenvalue weighted by Gasteiger charge is 2.21. The molecule has 0 fully saturated rings. The molecule has 1 aromatic heterocycles. The second-order valence-corrected chi connectivity index (χ2v) is 6.56. The molecule has 0 radical (unpaired) electrons. The predicted octanol–water partition coefficient (Wildman–Crippen LogP) is 3.58. The molecule has 0 saturated carbocycles. The van der Waals surface area contributed by atoms with Crippen LogP contribution < -0.4 is 4.72 Å². The lowest BCUT2D eigenvalue weighted by molar-refractivity contribution is 0.569. The molecular weight excluding hydrogens is 378 g/mol. The van der Waals surface area contributed by atoms with E-state index in [2.05, 4.69) is 20.9 Å². The molecule has 0 saturated heterocycles. The Morgan fingerprint density at radius 1 is 1.25 bits per heavy atom. The van der Waals surface area contributed by atoms with Crippen molar-refractivity contribution < 1.29 is 17.2 Å². The van der Waals surface area contributed by atoms with Crippen LogP contribution in [0, 0.1) is 11.8 Å². The molecule has 2 rings (SSSR count). The van der Waals surface area contributed by atoms with Crippen LogP contribution in [0.25, 0.3) is 0 Å². The number of halogens is 4. The van der Waals surface area contributed by atoms with Crippen molar-refractivity contribution in [3.05, 3.63) is 51.6 Å². The molecule has 0 bridgehead atoms. The van der Waals surface area contributed by atoms with Gasteiger partial charge in [0.1, 0.15) is 16.5 Å². The number of aromatic nitrogens is 1. The van der Waals surface area contributed by atoms with E-state index in [0.29, 0.717) is 0 Å². The van der Waals surface area contributed by atoms with Gasteiger partial charge in [-0.15, -0.1) is 0 Å². The quantitative estimate of drug-likeness (QED) is 0.651. The molecular formula is C11H6BrClF2N2O2S. The van der Waals surface area contributed by atoms with E-state index in [9.17, 15) is 17.2 Å². The van der Waals surface area contributed by atoms with Gasteiger partial charge in [0.25, 0.3) is 10.0 Å². The Balaban J connectivity index is 2.43. The summed E-state index contributed by atoms with van der Waals surface area (Å²) >= 11 is 8.71. The second kappa shape index (κ2) is 5.63. The summed E-state index contributed by atoms with van der Waals surface area (Å²) < 4.78 is 52.8. The van der Waals surface area contributed by atoms with Gasteiger partial charge in [-0.05, 0) is 40.2 Å². The minimum atomic E-state index is -4.26. The Bertz CT molecular complexity index is 771. The van der Waals surface area contributed by atoms with E-state index in [1.54, 1.807) is 0 Å². The van der Waals surface area contributed by atoms with Crippen LogP contribution in [0.3, 0.4) is 0 Å². The van der Waals surface area contributed by atoms with Crippen LogP contribution in [0.5, 0.6) is 0 Å². The molecule has 9 heteroatoms. The monoisotopic (exact) mass is 382 g/mol. The SMILES string of the molecule is O=S(=O)(Nc1cccc(F)n1)c1cc(Cl)c(Br)cc1F. The summed E-state index contributed by atoms with van der Waals surface area (Å²) in [6, 6.07) is 5.43. The minimum absolute atomic E-state index is 0.0268. The number of nitrogens with zero attached hydrogens (tertiary/aromatic N) is 1. The number of hydrogen-bond donors (Lipinski definition) is 1. The molecule has 20 heavy (non-hydrogen) atoms. The van der Waals surface area contributed by atoms with E-state index in [0.717, 1.165) is 18.2 Å². The van der Waals surface area contributed by atoms with Crippen molar-refractivity contribution in [2.24, 2.45) is 0 Å². The summed E-state index contributed by atoms with van der Waals surface area (Å²) in [5.41, 5.74) is 0. The zero-order chi connectivity index (χ0) is 14.9. The Morgan fingerprint density at radius 2 is 1.95 bits per heavy atom. The van der Waals surface area contributed by atoms with Gasteiger partial charge in [-0.25, -0.2) is 17.8 Å². The van der Waals surface area contributed by atoms with Crippen LogP contribution in [0.1, 0.15) is 0 Å². The van der Waals surface area contributed by atoms with Crippen LogP contribution in [0.15, 0.2) is 39.7 Å². The number of sulfonamides is 1. The molecule has 0 unspecified atom stereocenters. The fourth-order valence-corrected chi connectivity index (χ4v) is 3.00. The fraction of sp³-hybridized carbons (Fsp3) is 0. The maximum absolute atomic E-state index is 13.7. The number of rotatable bonds is 3. The molecule has 1 heterocycles. The maximum Gasteiger partial charge on any atom is 0.266 e. The van der Waals surface area contributed by atoms with E-state index in [1.165, 1.54) is 12.1 Å². The highest BCUT2D eigenvalue weighted by molar-refractivity contribution is 9.10. The first-order valence-electron chi connectivity index (χ1n) is 5.09. The average Bonchev–Trinajstić information content (AvgIpc) is 2.33. The van der Waals surface area contributed by atoms with Crippen LogP contribution in [0.2, 0.25) is 5.02 Å². The van der Waals surface area contributed by atoms with Gasteiger partial charge in [-0.3, -0.25) is 4.72 Å². The van der Waals surface area contributed by atoms with Crippen molar-refractivity contribution in [3.8, 4) is 0 Å². The van der Waals surface area contributed by atoms with Gasteiger partial charge in [0.2, 0.25) is 5.95 Å². The van der Waals surface area contributed by atoms with Crippen LogP contribution in [-0.2, 0) is 10.0 Å². The summed E-state index contributed by atoms with van der Waals surface area (Å²) in [6.07, 6.45) is 0. The first kappa shape index (κ1) is 15.1. The summed E-state index contributed by atoms with van der Waals surface area (Å²) in [6.45, 7) is 0. The summed E-state index contributed by atoms with van der Waals surface area (Å²) in [5, 5.41) is 0.0268. The number of pyridine rings is 1. The van der Waals surface area contributed by atoms with Gasteiger partial charge in [0, 0.05) is 4.47 Å². The predicted molar refractivity (Wildman–Crippen MR) is 74.1 cm³/mol. The third-order valence-electron chi connectivity index (χ3n) is 2.22. The Morgan fingerprint density at radius 3 is 2.60 bits per heavy atom. The van der Waals surface area contributed by atoms with Crippen molar-refractivity contribution in [1.82, 2.24) is 4.98 Å². The van der Waals surface area contributed by atoms with E-state index in [-0.39, 0.29) is 15.3 Å². The summed E-state index contributed by atoms with van der Waals surface area (Å²) in [7, 11) is -4.26. The van der Waals surface area contributed by atoms with Crippen molar-refractivity contribution in [2.75, 3.05) is 4.72 Å². The standard InChI is InChI=1S/C11H6BrClF2N2O2S/c12-6-4-8(14)9(5-7(6)13)20(18,19)17-11-3-1-2-10(15)16-11/h1-5H,(H,16,17). The lowest BCUT2D eigenvalue weighted by Crippen LogP contribution is -2.15. The molecule has 2 aromatic rings. The van der Waals surface area contributed by atoms with Crippen molar-refractivity contribution in [1.29, 1.82) is 0 Å². The Kier molecular flexibility index (Phi) is 4.26. The van der Waals surface area contributed by atoms with Crippen LogP contribution in [-0.4, -0.2) is 13.4 Å². The fourth-order valence-electron chi connectivity index (χ4n) is 1.37. The third-order valence-corrected chi connectivity index (χ3v) is 4.79. The summed E-state index contributed by atoms with van der Waals surface area (Å²) in [4.78, 5) is 2.68. The van der Waals surface area contributed by atoms with Crippen molar-refractivity contribution >= 4 is 43.4 Å². The molecule has 0 aliphatic rings. The molecule has 1 aromatic carbocycles. The molecule has 0 atom stereocenters. The van der Waals surface area contributed by atoms with E-state index in [1.807, 2.05) is 4.72 Å². The highest BCUT2D eigenvalue weighted by atomic mass is 79.9. The molecule has 0 aliphatic carbocycles. The lowest BCUT2D eigenvalue weighted by atomic mass is 10.3. The second-order valence-electron chi connectivity index (χ2n) is 3.65. The summed E-state index contributed by atoms with van der Waals surface area (Å²) in [5.74, 6) is -2.12. The van der Waals surface area contributed by atoms with Crippen LogP contribution in [0.4, 0.5) is 14.6 Å².